The zero-order valence-electron chi connectivity index (χ0n) is 19.5. The fraction of sp³-hybridized carbons (Fsp3) is 0.500. The molecule has 0 radical (unpaired) electrons. The highest BCUT2D eigenvalue weighted by atomic mass is 19.3. The van der Waals surface area contributed by atoms with Gasteiger partial charge >= 0.3 is 0 Å². The SMILES string of the molecule is C=C/N=C(/N[C@@H](C)CN1CCN(C2=C(C)N=C(N)C2)CC1)c1cccc(C(C)(F)F)c1C. The van der Waals surface area contributed by atoms with Crippen LogP contribution in [0.5, 0.6) is 0 Å². The van der Waals surface area contributed by atoms with Gasteiger partial charge in [0.05, 0.1) is 5.70 Å². The Morgan fingerprint density at radius 2 is 2.00 bits per heavy atom. The first kappa shape index (κ1) is 23.9. The molecule has 1 atom stereocenters. The number of amidine groups is 2. The third-order valence-corrected chi connectivity index (χ3v) is 6.03. The number of benzene rings is 1. The van der Waals surface area contributed by atoms with Gasteiger partial charge in [-0.25, -0.2) is 18.8 Å². The second kappa shape index (κ2) is 9.81. The second-order valence-corrected chi connectivity index (χ2v) is 8.67. The molecular weight excluding hydrogens is 410 g/mol. The average molecular weight is 445 g/mol. The molecule has 0 aromatic heterocycles. The van der Waals surface area contributed by atoms with E-state index in [-0.39, 0.29) is 11.6 Å². The van der Waals surface area contributed by atoms with Crippen LogP contribution >= 0.6 is 0 Å². The number of rotatable bonds is 7. The molecule has 8 heteroatoms. The van der Waals surface area contributed by atoms with E-state index in [9.17, 15) is 8.78 Å². The van der Waals surface area contributed by atoms with Crippen molar-refractivity contribution in [2.24, 2.45) is 15.7 Å². The number of allylic oxidation sites excluding steroid dienone is 1. The summed E-state index contributed by atoms with van der Waals surface area (Å²) in [6.45, 7) is 15.0. The normalized spacial score (nSPS) is 19.2. The minimum atomic E-state index is -2.91. The summed E-state index contributed by atoms with van der Waals surface area (Å²) in [6.07, 6.45) is 2.18. The van der Waals surface area contributed by atoms with Crippen molar-refractivity contribution < 1.29 is 8.78 Å². The molecule has 1 aromatic rings. The van der Waals surface area contributed by atoms with Gasteiger partial charge in [0.2, 0.25) is 0 Å². The first-order chi connectivity index (χ1) is 15.1. The molecular formula is C24H34F2N6. The molecule has 2 aliphatic heterocycles. The van der Waals surface area contributed by atoms with Crippen LogP contribution in [0.15, 0.2) is 52.4 Å². The second-order valence-electron chi connectivity index (χ2n) is 8.67. The summed E-state index contributed by atoms with van der Waals surface area (Å²) in [6, 6.07) is 5.01. The monoisotopic (exact) mass is 444 g/mol. The molecule has 1 saturated heterocycles. The maximum absolute atomic E-state index is 14.0. The highest BCUT2D eigenvalue weighted by molar-refractivity contribution is 6.00. The Morgan fingerprint density at radius 3 is 2.56 bits per heavy atom. The average Bonchev–Trinajstić information content (AvgIpc) is 3.05. The van der Waals surface area contributed by atoms with Crippen molar-refractivity contribution >= 4 is 11.7 Å². The standard InChI is InChI=1S/C24H34F2N6/c1-6-28-23(19-8-7-9-20(17(19)3)24(5,25)26)29-16(2)15-31-10-12-32(13-11-31)21-14-22(27)30-18(21)4/h6-9,16H,1,10-15H2,2-5H3,(H2,27,30)(H,28,29)/t16-/m0/s1. The number of nitrogens with two attached hydrogens (primary N) is 1. The van der Waals surface area contributed by atoms with Crippen LogP contribution in [0.2, 0.25) is 0 Å². The zero-order chi connectivity index (χ0) is 23.5. The van der Waals surface area contributed by atoms with Crippen molar-refractivity contribution in [1.29, 1.82) is 0 Å². The molecule has 174 valence electrons. The van der Waals surface area contributed by atoms with Crippen LogP contribution in [0.4, 0.5) is 8.78 Å². The molecule has 32 heavy (non-hydrogen) atoms. The first-order valence-electron chi connectivity index (χ1n) is 11.0. The Balaban J connectivity index is 1.62. The van der Waals surface area contributed by atoms with Crippen LogP contribution in [0, 0.1) is 6.92 Å². The van der Waals surface area contributed by atoms with Gasteiger partial charge in [-0.05, 0) is 26.3 Å². The summed E-state index contributed by atoms with van der Waals surface area (Å²) < 4.78 is 28.0. The van der Waals surface area contributed by atoms with Gasteiger partial charge in [-0.1, -0.05) is 24.8 Å². The van der Waals surface area contributed by atoms with E-state index in [2.05, 4.69) is 38.6 Å². The van der Waals surface area contributed by atoms with Gasteiger partial charge in [0.25, 0.3) is 5.92 Å². The molecule has 1 aromatic carbocycles. The fourth-order valence-electron chi connectivity index (χ4n) is 4.47. The lowest BCUT2D eigenvalue weighted by Crippen LogP contribution is -2.50. The van der Waals surface area contributed by atoms with E-state index in [1.807, 2.05) is 13.0 Å². The molecule has 0 unspecified atom stereocenters. The van der Waals surface area contributed by atoms with Crippen molar-refractivity contribution in [3.8, 4) is 0 Å². The summed E-state index contributed by atoms with van der Waals surface area (Å²) in [5, 5.41) is 3.41. The van der Waals surface area contributed by atoms with Crippen molar-refractivity contribution in [3.63, 3.8) is 0 Å². The van der Waals surface area contributed by atoms with Crippen molar-refractivity contribution in [1.82, 2.24) is 15.1 Å². The smallest absolute Gasteiger partial charge is 0.270 e. The molecule has 3 rings (SSSR count). The minimum Gasteiger partial charge on any atom is -0.387 e. The Kier molecular flexibility index (Phi) is 7.33. The van der Waals surface area contributed by atoms with Gasteiger partial charge in [0, 0.05) is 75.1 Å². The van der Waals surface area contributed by atoms with E-state index in [0.29, 0.717) is 22.8 Å². The zero-order valence-corrected chi connectivity index (χ0v) is 19.5. The third-order valence-electron chi connectivity index (χ3n) is 6.03. The van der Waals surface area contributed by atoms with Gasteiger partial charge in [-0.3, -0.25) is 4.90 Å². The highest BCUT2D eigenvalue weighted by Crippen LogP contribution is 2.31. The van der Waals surface area contributed by atoms with Gasteiger partial charge in [0.1, 0.15) is 11.7 Å². The Morgan fingerprint density at radius 1 is 1.31 bits per heavy atom. The van der Waals surface area contributed by atoms with E-state index in [0.717, 1.165) is 51.8 Å². The van der Waals surface area contributed by atoms with E-state index in [4.69, 9.17) is 5.73 Å². The van der Waals surface area contributed by atoms with Crippen LogP contribution < -0.4 is 11.1 Å². The van der Waals surface area contributed by atoms with E-state index >= 15 is 0 Å². The lowest BCUT2D eigenvalue weighted by Gasteiger charge is -2.38. The molecule has 2 aliphatic rings. The molecule has 0 aliphatic carbocycles. The molecule has 1 fully saturated rings. The molecule has 0 saturated carbocycles. The summed E-state index contributed by atoms with van der Waals surface area (Å²) >= 11 is 0. The lowest BCUT2D eigenvalue weighted by molar-refractivity contribution is 0.0168. The van der Waals surface area contributed by atoms with Crippen LogP contribution in [-0.4, -0.2) is 60.2 Å². The van der Waals surface area contributed by atoms with Gasteiger partial charge in [0.15, 0.2) is 0 Å². The Bertz CT molecular complexity index is 936. The predicted molar refractivity (Wildman–Crippen MR) is 127 cm³/mol. The maximum Gasteiger partial charge on any atom is 0.270 e. The minimum absolute atomic E-state index is 0.0125. The number of hydrogen-bond donors (Lipinski definition) is 2. The summed E-state index contributed by atoms with van der Waals surface area (Å²) in [7, 11) is 0. The summed E-state index contributed by atoms with van der Waals surface area (Å²) in [4.78, 5) is 13.5. The number of piperazine rings is 1. The Labute approximate surface area is 189 Å². The molecule has 0 amide bonds. The quantitative estimate of drug-likeness (QED) is 0.498. The fourth-order valence-corrected chi connectivity index (χ4v) is 4.47. The van der Waals surface area contributed by atoms with Crippen LogP contribution in [0.3, 0.4) is 0 Å². The topological polar surface area (TPSA) is 69.2 Å². The van der Waals surface area contributed by atoms with Crippen molar-refractivity contribution in [2.75, 3.05) is 32.7 Å². The first-order valence-corrected chi connectivity index (χ1v) is 11.0. The number of alkyl halides is 2. The number of nitrogens with zero attached hydrogens (tertiary/aromatic N) is 4. The number of halogens is 2. The largest absolute Gasteiger partial charge is 0.387 e. The molecule has 6 nitrogen and oxygen atoms in total. The summed E-state index contributed by atoms with van der Waals surface area (Å²) in [5.74, 6) is -1.66. The molecule has 3 N–H and O–H groups in total. The van der Waals surface area contributed by atoms with Gasteiger partial charge < -0.3 is 16.0 Å². The molecule has 2 heterocycles. The lowest BCUT2D eigenvalue weighted by atomic mass is 9.97. The number of aliphatic imine (C=N–C) groups is 2. The van der Waals surface area contributed by atoms with E-state index in [1.54, 1.807) is 13.0 Å². The molecule has 0 bridgehead atoms. The third kappa shape index (κ3) is 5.54. The summed E-state index contributed by atoms with van der Waals surface area (Å²) in [5.41, 5.74) is 9.34. The Hall–Kier alpha value is -2.74. The number of nitrogens with one attached hydrogen (secondary N) is 1. The molecule has 0 spiro atoms. The van der Waals surface area contributed by atoms with Crippen LogP contribution in [-0.2, 0) is 5.92 Å². The van der Waals surface area contributed by atoms with Crippen LogP contribution in [0.1, 0.15) is 43.9 Å². The van der Waals surface area contributed by atoms with E-state index < -0.39 is 5.92 Å². The van der Waals surface area contributed by atoms with Gasteiger partial charge in [-0.15, -0.1) is 0 Å². The van der Waals surface area contributed by atoms with Crippen molar-refractivity contribution in [3.05, 3.63) is 59.1 Å². The predicted octanol–water partition coefficient (Wildman–Crippen LogP) is 3.58. The van der Waals surface area contributed by atoms with Crippen LogP contribution in [0.25, 0.3) is 0 Å². The highest BCUT2D eigenvalue weighted by Gasteiger charge is 2.28. The van der Waals surface area contributed by atoms with Gasteiger partial charge in [-0.2, -0.15) is 0 Å². The van der Waals surface area contributed by atoms with E-state index in [1.165, 1.54) is 18.0 Å². The van der Waals surface area contributed by atoms with Crippen molar-refractivity contribution in [2.45, 2.75) is 46.1 Å². The number of hydrogen-bond acceptors (Lipinski definition) is 5. The maximum atomic E-state index is 14.0.